The fourth-order valence-electron chi connectivity index (χ4n) is 1.20. The van der Waals surface area contributed by atoms with Crippen LogP contribution in [0.5, 0.6) is 0 Å². The molecular weight excluding hydrogens is 242 g/mol. The van der Waals surface area contributed by atoms with Gasteiger partial charge in [-0.3, -0.25) is 9.78 Å². The first kappa shape index (κ1) is 11.5. The molecule has 17 heavy (non-hydrogen) atoms. The van der Waals surface area contributed by atoms with Gasteiger partial charge in [-0.1, -0.05) is 11.8 Å². The lowest BCUT2D eigenvalue weighted by Gasteiger charge is -2.01. The van der Waals surface area contributed by atoms with E-state index in [0.29, 0.717) is 16.7 Å². The van der Waals surface area contributed by atoms with E-state index in [9.17, 15) is 4.79 Å². The van der Waals surface area contributed by atoms with Gasteiger partial charge in [-0.25, -0.2) is 4.98 Å². The highest BCUT2D eigenvalue weighted by Crippen LogP contribution is 2.20. The van der Waals surface area contributed by atoms with Crippen LogP contribution in [-0.2, 0) is 11.8 Å². The van der Waals surface area contributed by atoms with E-state index in [1.54, 1.807) is 30.2 Å². The Morgan fingerprint density at radius 2 is 2.29 bits per heavy atom. The summed E-state index contributed by atoms with van der Waals surface area (Å²) < 4.78 is 1.69. The highest BCUT2D eigenvalue weighted by atomic mass is 32.2. The molecule has 0 aliphatic heterocycles. The average Bonchev–Trinajstić information content (AvgIpc) is 2.69. The van der Waals surface area contributed by atoms with Crippen LogP contribution < -0.4 is 0 Å². The summed E-state index contributed by atoms with van der Waals surface area (Å²) in [5.74, 6) is -0.378. The molecule has 0 unspecified atom stereocenters. The van der Waals surface area contributed by atoms with Gasteiger partial charge < -0.3 is 9.67 Å². The third-order valence-corrected chi connectivity index (χ3v) is 2.96. The molecular formula is C9H9N5O2S. The van der Waals surface area contributed by atoms with Gasteiger partial charge in [-0.15, -0.1) is 10.2 Å². The average molecular weight is 251 g/mol. The Morgan fingerprint density at radius 3 is 2.94 bits per heavy atom. The maximum atomic E-state index is 10.5. The molecule has 2 aromatic rings. The molecule has 0 aliphatic rings. The number of hydrogen-bond acceptors (Lipinski definition) is 6. The number of hydrogen-bond donors (Lipinski definition) is 1. The van der Waals surface area contributed by atoms with E-state index in [2.05, 4.69) is 20.2 Å². The smallest absolute Gasteiger partial charge is 0.313 e. The topological polar surface area (TPSA) is 93.8 Å². The van der Waals surface area contributed by atoms with Crippen LogP contribution in [0.25, 0.3) is 11.5 Å². The Bertz CT molecular complexity index is 527. The normalized spacial score (nSPS) is 10.4. The monoisotopic (exact) mass is 251 g/mol. The van der Waals surface area contributed by atoms with Crippen LogP contribution in [0.15, 0.2) is 23.7 Å². The Balaban J connectivity index is 2.24. The Morgan fingerprint density at radius 1 is 1.47 bits per heavy atom. The summed E-state index contributed by atoms with van der Waals surface area (Å²) in [7, 11) is 1.76. The molecule has 0 saturated heterocycles. The van der Waals surface area contributed by atoms with Gasteiger partial charge in [0.25, 0.3) is 0 Å². The third kappa shape index (κ3) is 2.59. The lowest BCUT2D eigenvalue weighted by Crippen LogP contribution is -2.01. The highest BCUT2D eigenvalue weighted by molar-refractivity contribution is 7.99. The maximum absolute atomic E-state index is 10.5. The summed E-state index contributed by atoms with van der Waals surface area (Å²) in [4.78, 5) is 18.5. The quantitative estimate of drug-likeness (QED) is 0.788. The number of aromatic nitrogens is 5. The molecule has 88 valence electrons. The molecule has 1 N–H and O–H groups in total. The van der Waals surface area contributed by atoms with Gasteiger partial charge >= 0.3 is 5.97 Å². The largest absolute Gasteiger partial charge is 0.481 e. The van der Waals surface area contributed by atoms with Crippen molar-refractivity contribution >= 4 is 17.7 Å². The van der Waals surface area contributed by atoms with Gasteiger partial charge in [-0.2, -0.15) is 0 Å². The summed E-state index contributed by atoms with van der Waals surface area (Å²) in [6.07, 6.45) is 4.71. The minimum Gasteiger partial charge on any atom is -0.481 e. The van der Waals surface area contributed by atoms with Crippen molar-refractivity contribution in [1.29, 1.82) is 0 Å². The first-order valence-electron chi connectivity index (χ1n) is 4.69. The molecule has 0 radical (unpaired) electrons. The summed E-state index contributed by atoms with van der Waals surface area (Å²) in [5.41, 5.74) is 0.602. The zero-order valence-corrected chi connectivity index (χ0v) is 9.76. The molecule has 0 aliphatic carbocycles. The molecule has 2 heterocycles. The molecule has 0 amide bonds. The van der Waals surface area contributed by atoms with Crippen LogP contribution in [0.3, 0.4) is 0 Å². The van der Waals surface area contributed by atoms with Crippen LogP contribution >= 0.6 is 11.8 Å². The van der Waals surface area contributed by atoms with Gasteiger partial charge in [0, 0.05) is 19.4 Å². The van der Waals surface area contributed by atoms with Crippen molar-refractivity contribution in [2.75, 3.05) is 5.75 Å². The number of carbonyl (C=O) groups is 1. The highest BCUT2D eigenvalue weighted by Gasteiger charge is 2.13. The van der Waals surface area contributed by atoms with Crippen molar-refractivity contribution in [2.24, 2.45) is 7.05 Å². The number of rotatable bonds is 4. The molecule has 2 aromatic heterocycles. The lowest BCUT2D eigenvalue weighted by atomic mass is 10.4. The second-order valence-electron chi connectivity index (χ2n) is 3.14. The molecule has 2 rings (SSSR count). The molecule has 0 atom stereocenters. The molecule has 0 saturated carbocycles. The first-order valence-corrected chi connectivity index (χ1v) is 5.67. The summed E-state index contributed by atoms with van der Waals surface area (Å²) in [6.45, 7) is 0. The minimum atomic E-state index is -0.890. The predicted octanol–water partition coefficient (Wildman–Crippen LogP) is 0.449. The first-order chi connectivity index (χ1) is 8.18. The molecule has 8 heteroatoms. The molecule has 0 bridgehead atoms. The standard InChI is InChI=1S/C9H9N5O2S/c1-14-8(6-4-10-2-3-11-6)12-13-9(14)17-5-7(15)16/h2-4H,5H2,1H3,(H,15,16). The van der Waals surface area contributed by atoms with Crippen LogP contribution in [0.4, 0.5) is 0 Å². The molecule has 0 spiro atoms. The number of aliphatic carboxylic acids is 1. The van der Waals surface area contributed by atoms with Crippen molar-refractivity contribution in [1.82, 2.24) is 24.7 Å². The van der Waals surface area contributed by atoms with Crippen molar-refractivity contribution < 1.29 is 9.90 Å². The van der Waals surface area contributed by atoms with Crippen molar-refractivity contribution in [3.8, 4) is 11.5 Å². The molecule has 0 fully saturated rings. The Kier molecular flexibility index (Phi) is 3.33. The van der Waals surface area contributed by atoms with Gasteiger partial charge in [0.2, 0.25) is 0 Å². The Hall–Kier alpha value is -1.96. The number of carboxylic acid groups (broad SMARTS) is 1. The second-order valence-corrected chi connectivity index (χ2v) is 4.08. The van der Waals surface area contributed by atoms with E-state index in [-0.39, 0.29) is 5.75 Å². The van der Waals surface area contributed by atoms with Gasteiger partial charge in [0.05, 0.1) is 11.9 Å². The fraction of sp³-hybridized carbons (Fsp3) is 0.222. The zero-order chi connectivity index (χ0) is 12.3. The number of nitrogens with zero attached hydrogens (tertiary/aromatic N) is 5. The third-order valence-electron chi connectivity index (χ3n) is 1.95. The zero-order valence-electron chi connectivity index (χ0n) is 8.94. The van der Waals surface area contributed by atoms with E-state index >= 15 is 0 Å². The van der Waals surface area contributed by atoms with Crippen LogP contribution in [0.2, 0.25) is 0 Å². The number of carboxylic acids is 1. The van der Waals surface area contributed by atoms with Crippen molar-refractivity contribution in [3.05, 3.63) is 18.6 Å². The van der Waals surface area contributed by atoms with Crippen LogP contribution in [0.1, 0.15) is 0 Å². The van der Waals surface area contributed by atoms with E-state index < -0.39 is 5.97 Å². The minimum absolute atomic E-state index is 0.0492. The fourth-order valence-corrected chi connectivity index (χ4v) is 1.84. The lowest BCUT2D eigenvalue weighted by molar-refractivity contribution is -0.133. The van der Waals surface area contributed by atoms with Crippen molar-refractivity contribution in [3.63, 3.8) is 0 Å². The van der Waals surface area contributed by atoms with Crippen molar-refractivity contribution in [2.45, 2.75) is 5.16 Å². The van der Waals surface area contributed by atoms with E-state index in [0.717, 1.165) is 11.8 Å². The van der Waals surface area contributed by atoms with E-state index in [1.165, 1.54) is 0 Å². The molecule has 7 nitrogen and oxygen atoms in total. The van der Waals surface area contributed by atoms with Gasteiger partial charge in [-0.05, 0) is 0 Å². The van der Waals surface area contributed by atoms with E-state index in [1.807, 2.05) is 0 Å². The SMILES string of the molecule is Cn1c(SCC(=O)O)nnc1-c1cnccn1. The van der Waals surface area contributed by atoms with Gasteiger partial charge in [0.1, 0.15) is 5.69 Å². The number of thioether (sulfide) groups is 1. The van der Waals surface area contributed by atoms with Crippen LogP contribution in [0, 0.1) is 0 Å². The summed E-state index contributed by atoms with van der Waals surface area (Å²) in [5, 5.41) is 17.0. The summed E-state index contributed by atoms with van der Waals surface area (Å²) in [6, 6.07) is 0. The van der Waals surface area contributed by atoms with E-state index in [4.69, 9.17) is 5.11 Å². The summed E-state index contributed by atoms with van der Waals surface area (Å²) >= 11 is 1.11. The Labute approximate surface area is 101 Å². The predicted molar refractivity (Wildman–Crippen MR) is 60.4 cm³/mol. The maximum Gasteiger partial charge on any atom is 0.313 e. The van der Waals surface area contributed by atoms with Crippen LogP contribution in [-0.4, -0.2) is 41.6 Å². The molecule has 0 aromatic carbocycles. The van der Waals surface area contributed by atoms with Gasteiger partial charge in [0.15, 0.2) is 11.0 Å². The second kappa shape index (κ2) is 4.91.